The number of methoxy groups -OCH3 is 1. The van der Waals surface area contributed by atoms with Gasteiger partial charge in [-0.25, -0.2) is 9.78 Å². The van der Waals surface area contributed by atoms with Gasteiger partial charge < -0.3 is 24.6 Å². The molecule has 1 aromatic rings. The molecule has 0 aromatic carbocycles. The summed E-state index contributed by atoms with van der Waals surface area (Å²) in [5, 5.41) is 2.87. The Balaban J connectivity index is 1.82. The third-order valence-corrected chi connectivity index (χ3v) is 4.09. The number of hydrogen-bond acceptors (Lipinski definition) is 5. The Bertz CT molecular complexity index is 495. The van der Waals surface area contributed by atoms with Gasteiger partial charge in [-0.3, -0.25) is 0 Å². The number of carbonyl (C=O) groups excluding carboxylic acids is 1. The highest BCUT2D eigenvalue weighted by molar-refractivity contribution is 5.89. The third-order valence-electron chi connectivity index (χ3n) is 4.09. The minimum atomic E-state index is -0.109. The molecule has 0 saturated carbocycles. The van der Waals surface area contributed by atoms with E-state index in [2.05, 4.69) is 22.1 Å². The van der Waals surface area contributed by atoms with Crippen LogP contribution in [0.15, 0.2) is 18.3 Å². The van der Waals surface area contributed by atoms with Crippen LogP contribution in [-0.4, -0.2) is 73.9 Å². The number of anilines is 1. The highest BCUT2D eigenvalue weighted by Gasteiger charge is 2.27. The van der Waals surface area contributed by atoms with Crippen LogP contribution in [0.2, 0.25) is 0 Å². The molecule has 7 nitrogen and oxygen atoms in total. The monoisotopic (exact) mass is 322 g/mol. The molecule has 1 atom stereocenters. The number of pyridine rings is 1. The Morgan fingerprint density at radius 3 is 2.91 bits per heavy atom. The van der Waals surface area contributed by atoms with Gasteiger partial charge in [0.05, 0.1) is 18.5 Å². The van der Waals surface area contributed by atoms with E-state index in [1.807, 2.05) is 7.05 Å². The number of nitrogens with zero attached hydrogens (tertiary/aromatic N) is 3. The number of rotatable bonds is 7. The van der Waals surface area contributed by atoms with Crippen molar-refractivity contribution in [3.8, 4) is 5.88 Å². The van der Waals surface area contributed by atoms with Crippen LogP contribution in [0.25, 0.3) is 0 Å². The number of likely N-dealkylation sites (tertiary alicyclic amines) is 1. The second-order valence-corrected chi connectivity index (χ2v) is 5.60. The lowest BCUT2D eigenvalue weighted by molar-refractivity contribution is 0.144. The van der Waals surface area contributed by atoms with Gasteiger partial charge in [0.25, 0.3) is 0 Å². The van der Waals surface area contributed by atoms with Gasteiger partial charge in [-0.1, -0.05) is 6.92 Å². The lowest BCUT2D eigenvalue weighted by Gasteiger charge is -2.25. The van der Waals surface area contributed by atoms with Gasteiger partial charge in [0.1, 0.15) is 6.61 Å². The number of urea groups is 1. The predicted octanol–water partition coefficient (Wildman–Crippen LogP) is 1.66. The van der Waals surface area contributed by atoms with Gasteiger partial charge in [0.15, 0.2) is 0 Å². The SMILES string of the molecule is CCN1CC[C@@H](N(C)C(=O)Nc2ccc(OCCOC)nc2)C1. The molecule has 23 heavy (non-hydrogen) atoms. The minimum absolute atomic E-state index is 0.109. The summed E-state index contributed by atoms with van der Waals surface area (Å²) < 4.78 is 10.3. The smallest absolute Gasteiger partial charge is 0.321 e. The van der Waals surface area contributed by atoms with E-state index in [1.54, 1.807) is 30.3 Å². The average Bonchev–Trinajstić information content (AvgIpc) is 3.05. The van der Waals surface area contributed by atoms with Crippen molar-refractivity contribution in [1.82, 2.24) is 14.8 Å². The fraction of sp³-hybridized carbons (Fsp3) is 0.625. The number of likely N-dealkylation sites (N-methyl/N-ethyl adjacent to an activating group) is 2. The summed E-state index contributed by atoms with van der Waals surface area (Å²) in [7, 11) is 3.46. The van der Waals surface area contributed by atoms with E-state index in [0.29, 0.717) is 24.8 Å². The van der Waals surface area contributed by atoms with Gasteiger partial charge in [-0.15, -0.1) is 0 Å². The van der Waals surface area contributed by atoms with E-state index in [4.69, 9.17) is 9.47 Å². The van der Waals surface area contributed by atoms with Gasteiger partial charge in [-0.2, -0.15) is 0 Å². The van der Waals surface area contributed by atoms with Gasteiger partial charge >= 0.3 is 6.03 Å². The van der Waals surface area contributed by atoms with Crippen LogP contribution in [-0.2, 0) is 4.74 Å². The van der Waals surface area contributed by atoms with Crippen molar-refractivity contribution in [3.63, 3.8) is 0 Å². The molecule has 7 heteroatoms. The van der Waals surface area contributed by atoms with Gasteiger partial charge in [0, 0.05) is 39.4 Å². The van der Waals surface area contributed by atoms with Crippen LogP contribution in [0, 0.1) is 0 Å². The summed E-state index contributed by atoms with van der Waals surface area (Å²) in [6, 6.07) is 3.68. The van der Waals surface area contributed by atoms with Crippen LogP contribution in [0.1, 0.15) is 13.3 Å². The fourth-order valence-electron chi connectivity index (χ4n) is 2.56. The van der Waals surface area contributed by atoms with Crippen molar-refractivity contribution < 1.29 is 14.3 Å². The number of nitrogens with one attached hydrogen (secondary N) is 1. The summed E-state index contributed by atoms with van der Waals surface area (Å²) in [4.78, 5) is 20.6. The van der Waals surface area contributed by atoms with Crippen molar-refractivity contribution in [2.75, 3.05) is 52.3 Å². The number of amides is 2. The normalized spacial score (nSPS) is 18.0. The maximum Gasteiger partial charge on any atom is 0.321 e. The van der Waals surface area contributed by atoms with Crippen molar-refractivity contribution >= 4 is 11.7 Å². The number of ether oxygens (including phenoxy) is 2. The van der Waals surface area contributed by atoms with E-state index < -0.39 is 0 Å². The molecule has 0 bridgehead atoms. The molecule has 2 rings (SSSR count). The molecular formula is C16H26N4O3. The molecule has 0 unspecified atom stereocenters. The Morgan fingerprint density at radius 1 is 1.48 bits per heavy atom. The molecule has 0 spiro atoms. The molecule has 1 N–H and O–H groups in total. The van der Waals surface area contributed by atoms with Gasteiger partial charge in [-0.05, 0) is 19.0 Å². The minimum Gasteiger partial charge on any atom is -0.475 e. The van der Waals surface area contributed by atoms with Crippen LogP contribution < -0.4 is 10.1 Å². The van der Waals surface area contributed by atoms with Crippen LogP contribution in [0.5, 0.6) is 5.88 Å². The molecule has 2 amide bonds. The first-order valence-corrected chi connectivity index (χ1v) is 7.98. The lowest BCUT2D eigenvalue weighted by Crippen LogP contribution is -2.41. The molecule has 2 heterocycles. The highest BCUT2D eigenvalue weighted by Crippen LogP contribution is 2.16. The molecule has 1 aliphatic heterocycles. The number of hydrogen-bond donors (Lipinski definition) is 1. The van der Waals surface area contributed by atoms with E-state index in [1.165, 1.54) is 0 Å². The van der Waals surface area contributed by atoms with E-state index >= 15 is 0 Å². The lowest BCUT2D eigenvalue weighted by atomic mass is 10.2. The first-order valence-electron chi connectivity index (χ1n) is 7.98. The molecule has 1 fully saturated rings. The first kappa shape index (κ1) is 17.5. The highest BCUT2D eigenvalue weighted by atomic mass is 16.5. The average molecular weight is 322 g/mol. The quantitative estimate of drug-likeness (QED) is 0.774. The van der Waals surface area contributed by atoms with Crippen molar-refractivity contribution in [1.29, 1.82) is 0 Å². The Hall–Kier alpha value is -1.86. The van der Waals surface area contributed by atoms with E-state index in [-0.39, 0.29) is 12.1 Å². The van der Waals surface area contributed by atoms with Gasteiger partial charge in [0.2, 0.25) is 5.88 Å². The first-order chi connectivity index (χ1) is 11.1. The zero-order chi connectivity index (χ0) is 16.7. The third kappa shape index (κ3) is 5.07. The van der Waals surface area contributed by atoms with Crippen molar-refractivity contribution in [3.05, 3.63) is 18.3 Å². The number of carbonyl (C=O) groups is 1. The standard InChI is InChI=1S/C16H26N4O3/c1-4-20-8-7-14(12-20)19(2)16(21)18-13-5-6-15(17-11-13)23-10-9-22-3/h5-6,11,14H,4,7-10,12H2,1-3H3,(H,18,21)/t14-/m1/s1. The van der Waals surface area contributed by atoms with Crippen molar-refractivity contribution in [2.45, 2.75) is 19.4 Å². The molecular weight excluding hydrogens is 296 g/mol. The largest absolute Gasteiger partial charge is 0.475 e. The molecule has 1 saturated heterocycles. The second kappa shape index (κ2) is 8.69. The maximum atomic E-state index is 12.3. The Morgan fingerprint density at radius 2 is 2.30 bits per heavy atom. The van der Waals surface area contributed by atoms with Crippen LogP contribution >= 0.6 is 0 Å². The summed E-state index contributed by atoms with van der Waals surface area (Å²) in [6.45, 7) is 6.12. The maximum absolute atomic E-state index is 12.3. The molecule has 0 aliphatic carbocycles. The topological polar surface area (TPSA) is 66.9 Å². The summed E-state index contributed by atoms with van der Waals surface area (Å²) >= 11 is 0. The molecule has 1 aliphatic rings. The van der Waals surface area contributed by atoms with Crippen LogP contribution in [0.3, 0.4) is 0 Å². The summed E-state index contributed by atoms with van der Waals surface area (Å²) in [5.41, 5.74) is 0.659. The number of aromatic nitrogens is 1. The summed E-state index contributed by atoms with van der Waals surface area (Å²) in [6.07, 6.45) is 2.61. The Labute approximate surface area is 137 Å². The predicted molar refractivity (Wildman–Crippen MR) is 88.9 cm³/mol. The van der Waals surface area contributed by atoms with Crippen molar-refractivity contribution in [2.24, 2.45) is 0 Å². The zero-order valence-electron chi connectivity index (χ0n) is 14.1. The zero-order valence-corrected chi connectivity index (χ0v) is 14.1. The Kier molecular flexibility index (Phi) is 6.61. The molecule has 1 aromatic heterocycles. The molecule has 128 valence electrons. The molecule has 0 radical (unpaired) electrons. The summed E-state index contributed by atoms with van der Waals surface area (Å²) in [5.74, 6) is 0.516. The van der Waals surface area contributed by atoms with E-state index in [9.17, 15) is 4.79 Å². The van der Waals surface area contributed by atoms with E-state index in [0.717, 1.165) is 26.1 Å². The van der Waals surface area contributed by atoms with Crippen LogP contribution in [0.4, 0.5) is 10.5 Å². The second-order valence-electron chi connectivity index (χ2n) is 5.60. The fourth-order valence-corrected chi connectivity index (χ4v) is 2.56.